The number of hydrogen-bond acceptors (Lipinski definition) is 4. The van der Waals surface area contributed by atoms with Crippen LogP contribution in [0.4, 0.5) is 5.69 Å². The predicted octanol–water partition coefficient (Wildman–Crippen LogP) is 4.94. The van der Waals surface area contributed by atoms with Crippen molar-refractivity contribution in [1.29, 1.82) is 0 Å². The summed E-state index contributed by atoms with van der Waals surface area (Å²) in [5.41, 5.74) is 1.74. The largest absolute Gasteiger partial charge is 0.456 e. The summed E-state index contributed by atoms with van der Waals surface area (Å²) in [4.78, 5) is 31.0. The zero-order chi connectivity index (χ0) is 19.8. The molecule has 0 saturated heterocycles. The van der Waals surface area contributed by atoms with Crippen LogP contribution in [0.2, 0.25) is 10.0 Å². The van der Waals surface area contributed by atoms with Gasteiger partial charge in [-0.15, -0.1) is 0 Å². The lowest BCUT2D eigenvalue weighted by molar-refractivity contribution is 0.00693. The fraction of sp³-hybridized carbons (Fsp3) is 0.350. The predicted molar refractivity (Wildman–Crippen MR) is 106 cm³/mol. The molecule has 0 bridgehead atoms. The van der Waals surface area contributed by atoms with Gasteiger partial charge in [-0.3, -0.25) is 4.79 Å². The second kappa shape index (κ2) is 7.49. The van der Waals surface area contributed by atoms with Gasteiger partial charge in [0.2, 0.25) is 0 Å². The van der Waals surface area contributed by atoms with Gasteiger partial charge < -0.3 is 9.64 Å². The van der Waals surface area contributed by atoms with E-state index in [1.54, 1.807) is 23.1 Å². The Labute approximate surface area is 168 Å². The number of aryl methyl sites for hydroxylation is 1. The number of hydrogen-bond donors (Lipinski definition) is 0. The topological polar surface area (TPSA) is 59.5 Å². The van der Waals surface area contributed by atoms with Crippen LogP contribution in [0.1, 0.15) is 53.6 Å². The Kier molecular flexibility index (Phi) is 5.45. The van der Waals surface area contributed by atoms with Crippen LogP contribution >= 0.6 is 23.2 Å². The van der Waals surface area contributed by atoms with E-state index in [4.69, 9.17) is 27.9 Å². The number of amides is 1. The molecule has 1 aliphatic rings. The van der Waals surface area contributed by atoms with Crippen LogP contribution in [-0.2, 0) is 11.2 Å². The number of carbonyl (C=O) groups is 2. The lowest BCUT2D eigenvalue weighted by Crippen LogP contribution is -2.36. The third-order valence-corrected chi connectivity index (χ3v) is 4.58. The molecule has 0 saturated carbocycles. The maximum absolute atomic E-state index is 12.9. The van der Waals surface area contributed by atoms with Crippen molar-refractivity contribution in [3.63, 3.8) is 0 Å². The molecule has 142 valence electrons. The van der Waals surface area contributed by atoms with Crippen LogP contribution in [0.25, 0.3) is 0 Å². The molecular weight excluding hydrogens is 387 g/mol. The van der Waals surface area contributed by atoms with Gasteiger partial charge in [0.05, 0.1) is 15.6 Å². The molecule has 0 fully saturated rings. The molecule has 7 heteroatoms. The smallest absolute Gasteiger partial charge is 0.338 e. The molecule has 0 radical (unpaired) electrons. The van der Waals surface area contributed by atoms with E-state index in [-0.39, 0.29) is 22.6 Å². The van der Waals surface area contributed by atoms with E-state index >= 15 is 0 Å². The first-order chi connectivity index (χ1) is 12.7. The van der Waals surface area contributed by atoms with E-state index < -0.39 is 5.60 Å². The van der Waals surface area contributed by atoms with Gasteiger partial charge in [-0.2, -0.15) is 0 Å². The van der Waals surface area contributed by atoms with Crippen molar-refractivity contribution < 1.29 is 14.3 Å². The lowest BCUT2D eigenvalue weighted by Gasteiger charge is -2.30. The average molecular weight is 407 g/mol. The molecule has 1 aromatic heterocycles. The maximum atomic E-state index is 12.9. The summed E-state index contributed by atoms with van der Waals surface area (Å²) < 4.78 is 5.43. The van der Waals surface area contributed by atoms with Gasteiger partial charge in [-0.05, 0) is 63.4 Å². The molecule has 2 aromatic rings. The van der Waals surface area contributed by atoms with Crippen LogP contribution in [-0.4, -0.2) is 29.0 Å². The third-order valence-electron chi connectivity index (χ3n) is 4.09. The number of aromatic nitrogens is 1. The van der Waals surface area contributed by atoms with Crippen molar-refractivity contribution in [3.8, 4) is 0 Å². The molecule has 3 rings (SSSR count). The van der Waals surface area contributed by atoms with Crippen molar-refractivity contribution >= 4 is 40.8 Å². The summed E-state index contributed by atoms with van der Waals surface area (Å²) in [5.74, 6) is -0.668. The minimum absolute atomic E-state index is 0.158. The van der Waals surface area contributed by atoms with E-state index in [2.05, 4.69) is 4.98 Å². The molecule has 2 heterocycles. The second-order valence-electron chi connectivity index (χ2n) is 7.39. The number of esters is 1. The van der Waals surface area contributed by atoms with Gasteiger partial charge in [0, 0.05) is 18.4 Å². The molecule has 1 amide bonds. The van der Waals surface area contributed by atoms with E-state index in [1.807, 2.05) is 20.8 Å². The summed E-state index contributed by atoms with van der Waals surface area (Å²) in [7, 11) is 0. The van der Waals surface area contributed by atoms with Crippen LogP contribution in [0, 0.1) is 0 Å². The number of fused-ring (bicyclic) bond motifs is 1. The zero-order valence-electron chi connectivity index (χ0n) is 15.4. The zero-order valence-corrected chi connectivity index (χ0v) is 16.9. The number of rotatable bonds is 2. The number of pyridine rings is 1. The molecule has 0 aliphatic carbocycles. The Hall–Kier alpha value is -2.11. The molecule has 27 heavy (non-hydrogen) atoms. The monoisotopic (exact) mass is 406 g/mol. The molecule has 0 spiro atoms. The van der Waals surface area contributed by atoms with E-state index in [0.29, 0.717) is 17.1 Å². The van der Waals surface area contributed by atoms with Gasteiger partial charge in [-0.25, -0.2) is 9.78 Å². The number of ether oxygens (including phenoxy) is 1. The highest BCUT2D eigenvalue weighted by Crippen LogP contribution is 2.31. The lowest BCUT2D eigenvalue weighted by atomic mass is 9.98. The number of benzene rings is 1. The first-order valence-corrected chi connectivity index (χ1v) is 9.40. The molecule has 0 unspecified atom stereocenters. The summed E-state index contributed by atoms with van der Waals surface area (Å²) in [6.07, 6.45) is 2.95. The first kappa shape index (κ1) is 19.6. The van der Waals surface area contributed by atoms with Crippen molar-refractivity contribution in [2.24, 2.45) is 0 Å². The third kappa shape index (κ3) is 4.42. The molecule has 0 N–H and O–H groups in total. The molecule has 0 atom stereocenters. The summed E-state index contributed by atoms with van der Waals surface area (Å²) in [6, 6.07) is 6.74. The first-order valence-electron chi connectivity index (χ1n) is 8.65. The number of halogens is 2. The Morgan fingerprint density at radius 2 is 1.93 bits per heavy atom. The van der Waals surface area contributed by atoms with Crippen molar-refractivity contribution in [3.05, 3.63) is 57.3 Å². The van der Waals surface area contributed by atoms with Crippen LogP contribution in [0.15, 0.2) is 30.5 Å². The Morgan fingerprint density at radius 1 is 1.19 bits per heavy atom. The fourth-order valence-corrected chi connectivity index (χ4v) is 3.43. The Bertz CT molecular complexity index is 907. The standard InChI is InChI=1S/C20H20Cl2N2O3/c1-20(2,3)27-19(26)13-6-7-16-12(9-13)5-4-8-24(16)18(25)17-15(22)10-14(21)11-23-17/h6-7,9-11H,4-5,8H2,1-3H3. The highest BCUT2D eigenvalue weighted by molar-refractivity contribution is 6.36. The van der Waals surface area contributed by atoms with Crippen molar-refractivity contribution in [2.75, 3.05) is 11.4 Å². The molecular formula is C20H20Cl2N2O3. The van der Waals surface area contributed by atoms with E-state index in [9.17, 15) is 9.59 Å². The average Bonchev–Trinajstić information content (AvgIpc) is 2.58. The summed E-state index contributed by atoms with van der Waals surface area (Å²) in [6.45, 7) is 6.03. The number of nitrogens with zero attached hydrogens (tertiary/aromatic N) is 2. The van der Waals surface area contributed by atoms with Gasteiger partial charge in [0.15, 0.2) is 0 Å². The maximum Gasteiger partial charge on any atom is 0.338 e. The molecule has 1 aliphatic heterocycles. The van der Waals surface area contributed by atoms with Gasteiger partial charge in [0.25, 0.3) is 5.91 Å². The molecule has 5 nitrogen and oxygen atoms in total. The Balaban J connectivity index is 1.90. The molecule has 1 aromatic carbocycles. The van der Waals surface area contributed by atoms with Crippen LogP contribution in [0.5, 0.6) is 0 Å². The van der Waals surface area contributed by atoms with E-state index in [1.165, 1.54) is 12.3 Å². The SMILES string of the molecule is CC(C)(C)OC(=O)c1ccc2c(c1)CCCN2C(=O)c1ncc(Cl)cc1Cl. The van der Waals surface area contributed by atoms with Crippen molar-refractivity contribution in [2.45, 2.75) is 39.2 Å². The van der Waals surface area contributed by atoms with Crippen LogP contribution < -0.4 is 4.90 Å². The number of anilines is 1. The quantitative estimate of drug-likeness (QED) is 0.662. The van der Waals surface area contributed by atoms with Crippen molar-refractivity contribution in [1.82, 2.24) is 4.98 Å². The minimum Gasteiger partial charge on any atom is -0.456 e. The minimum atomic E-state index is -0.564. The van der Waals surface area contributed by atoms with Gasteiger partial charge in [-0.1, -0.05) is 23.2 Å². The normalized spacial score (nSPS) is 13.9. The van der Waals surface area contributed by atoms with Crippen LogP contribution in [0.3, 0.4) is 0 Å². The second-order valence-corrected chi connectivity index (χ2v) is 8.23. The summed E-state index contributed by atoms with van der Waals surface area (Å²) >= 11 is 12.0. The Morgan fingerprint density at radius 3 is 2.59 bits per heavy atom. The van der Waals surface area contributed by atoms with Gasteiger partial charge in [0.1, 0.15) is 11.3 Å². The fourth-order valence-electron chi connectivity index (χ4n) is 2.97. The van der Waals surface area contributed by atoms with E-state index in [0.717, 1.165) is 24.1 Å². The highest BCUT2D eigenvalue weighted by Gasteiger charge is 2.27. The summed E-state index contributed by atoms with van der Waals surface area (Å²) in [5, 5.41) is 0.586. The number of carbonyl (C=O) groups excluding carboxylic acids is 2. The highest BCUT2D eigenvalue weighted by atomic mass is 35.5. The van der Waals surface area contributed by atoms with Gasteiger partial charge >= 0.3 is 5.97 Å².